The second-order valence-electron chi connectivity index (χ2n) is 6.49. The molecule has 0 radical (unpaired) electrons. The molecule has 6 nitrogen and oxygen atoms in total. The Morgan fingerprint density at radius 2 is 2.07 bits per heavy atom. The van der Waals surface area contributed by atoms with Gasteiger partial charge in [0.05, 0.1) is 6.20 Å². The van der Waals surface area contributed by atoms with Crippen LogP contribution in [-0.4, -0.2) is 42.1 Å². The normalized spacial score (nSPS) is 12.1. The summed E-state index contributed by atoms with van der Waals surface area (Å²) in [6.07, 6.45) is 1.24. The predicted octanol–water partition coefficient (Wildman–Crippen LogP) is 2.97. The van der Waals surface area contributed by atoms with Crippen LogP contribution in [0.2, 0.25) is 0 Å². The van der Waals surface area contributed by atoms with Crippen molar-refractivity contribution < 1.29 is 17.9 Å². The Balaban J connectivity index is 1.83. The van der Waals surface area contributed by atoms with Crippen molar-refractivity contribution in [1.29, 1.82) is 0 Å². The van der Waals surface area contributed by atoms with Gasteiger partial charge in [0.1, 0.15) is 5.75 Å². The number of hydrogen-bond acceptors (Lipinski definition) is 3. The van der Waals surface area contributed by atoms with Gasteiger partial charge in [-0.3, -0.25) is 9.67 Å². The van der Waals surface area contributed by atoms with E-state index in [0.717, 1.165) is 18.4 Å². The monoisotopic (exact) mass is 397 g/mol. The SMILES string of the molecule is CN=C(NCCCc1cnn(C)c1)NCc1ccc(C)cc1OCC(F)(F)F. The molecule has 1 heterocycles. The van der Waals surface area contributed by atoms with Crippen LogP contribution in [-0.2, 0) is 20.0 Å². The highest BCUT2D eigenvalue weighted by Crippen LogP contribution is 2.23. The molecular weight excluding hydrogens is 371 g/mol. The molecule has 2 N–H and O–H groups in total. The summed E-state index contributed by atoms with van der Waals surface area (Å²) in [5.74, 6) is 0.797. The predicted molar refractivity (Wildman–Crippen MR) is 102 cm³/mol. The highest BCUT2D eigenvalue weighted by atomic mass is 19.4. The van der Waals surface area contributed by atoms with Crippen molar-refractivity contribution >= 4 is 5.96 Å². The van der Waals surface area contributed by atoms with Crippen LogP contribution in [0.1, 0.15) is 23.1 Å². The van der Waals surface area contributed by atoms with Gasteiger partial charge in [0, 0.05) is 38.9 Å². The molecular formula is C19H26F3N5O. The molecule has 0 saturated heterocycles. The van der Waals surface area contributed by atoms with Gasteiger partial charge in [0.15, 0.2) is 12.6 Å². The average Bonchev–Trinajstić information content (AvgIpc) is 3.05. The number of nitrogens with one attached hydrogen (secondary N) is 2. The standard InChI is InChI=1S/C19H26F3N5O/c1-14-6-7-16(17(9-14)28-13-19(20,21)22)11-25-18(23-2)24-8-4-5-15-10-26-27(3)12-15/h6-7,9-10,12H,4-5,8,11,13H2,1-3H3,(H2,23,24,25). The Hall–Kier alpha value is -2.71. The molecule has 0 fully saturated rings. The summed E-state index contributed by atoms with van der Waals surface area (Å²) in [6, 6.07) is 5.19. The van der Waals surface area contributed by atoms with E-state index in [0.29, 0.717) is 24.6 Å². The Morgan fingerprint density at radius 1 is 1.29 bits per heavy atom. The van der Waals surface area contributed by atoms with Gasteiger partial charge in [-0.15, -0.1) is 0 Å². The van der Waals surface area contributed by atoms with Gasteiger partial charge >= 0.3 is 6.18 Å². The first-order valence-corrected chi connectivity index (χ1v) is 8.98. The highest BCUT2D eigenvalue weighted by molar-refractivity contribution is 5.79. The largest absolute Gasteiger partial charge is 0.484 e. The van der Waals surface area contributed by atoms with Crippen LogP contribution in [0.3, 0.4) is 0 Å². The van der Waals surface area contributed by atoms with Crippen LogP contribution in [0.15, 0.2) is 35.6 Å². The fourth-order valence-corrected chi connectivity index (χ4v) is 2.60. The van der Waals surface area contributed by atoms with E-state index in [2.05, 4.69) is 20.7 Å². The Labute approximate surface area is 162 Å². The van der Waals surface area contributed by atoms with Crippen LogP contribution < -0.4 is 15.4 Å². The molecule has 1 aromatic heterocycles. The summed E-state index contributed by atoms with van der Waals surface area (Å²) < 4.78 is 44.1. The first-order valence-electron chi connectivity index (χ1n) is 8.98. The van der Waals surface area contributed by atoms with E-state index in [1.54, 1.807) is 30.8 Å². The van der Waals surface area contributed by atoms with Crippen LogP contribution in [0.4, 0.5) is 13.2 Å². The molecule has 154 valence electrons. The number of guanidine groups is 1. The second-order valence-corrected chi connectivity index (χ2v) is 6.49. The first kappa shape index (κ1) is 21.6. The van der Waals surface area contributed by atoms with Gasteiger partial charge in [-0.1, -0.05) is 12.1 Å². The van der Waals surface area contributed by atoms with Gasteiger partial charge in [-0.25, -0.2) is 0 Å². The van der Waals surface area contributed by atoms with E-state index < -0.39 is 12.8 Å². The van der Waals surface area contributed by atoms with Crippen molar-refractivity contribution in [2.75, 3.05) is 20.2 Å². The Kier molecular flexibility index (Phi) is 7.71. The summed E-state index contributed by atoms with van der Waals surface area (Å²) in [7, 11) is 3.53. The minimum absolute atomic E-state index is 0.219. The Morgan fingerprint density at radius 3 is 2.71 bits per heavy atom. The molecule has 0 saturated carbocycles. The van der Waals surface area contributed by atoms with Crippen LogP contribution in [0, 0.1) is 6.92 Å². The molecule has 28 heavy (non-hydrogen) atoms. The lowest BCUT2D eigenvalue weighted by molar-refractivity contribution is -0.153. The van der Waals surface area contributed by atoms with E-state index in [-0.39, 0.29) is 5.75 Å². The zero-order valence-electron chi connectivity index (χ0n) is 16.3. The molecule has 0 amide bonds. The molecule has 0 aliphatic carbocycles. The lowest BCUT2D eigenvalue weighted by atomic mass is 10.1. The first-order chi connectivity index (χ1) is 13.3. The van der Waals surface area contributed by atoms with E-state index in [9.17, 15) is 13.2 Å². The number of hydrogen-bond donors (Lipinski definition) is 2. The number of alkyl halides is 3. The van der Waals surface area contributed by atoms with Gasteiger partial charge < -0.3 is 15.4 Å². The highest BCUT2D eigenvalue weighted by Gasteiger charge is 2.28. The van der Waals surface area contributed by atoms with Crippen molar-refractivity contribution in [3.05, 3.63) is 47.3 Å². The number of halogens is 3. The molecule has 0 aliphatic heterocycles. The quantitative estimate of drug-likeness (QED) is 0.408. The van der Waals surface area contributed by atoms with Crippen molar-refractivity contribution in [3.8, 4) is 5.75 Å². The molecule has 2 aromatic rings. The molecule has 0 spiro atoms. The van der Waals surface area contributed by atoms with Gasteiger partial charge in [0.2, 0.25) is 0 Å². The zero-order chi connectivity index (χ0) is 20.6. The zero-order valence-corrected chi connectivity index (χ0v) is 16.3. The molecule has 0 aliphatic rings. The van der Waals surface area contributed by atoms with E-state index in [1.807, 2.05) is 25.5 Å². The minimum atomic E-state index is -4.37. The van der Waals surface area contributed by atoms with E-state index in [1.165, 1.54) is 5.56 Å². The Bertz CT molecular complexity index is 786. The fraction of sp³-hybridized carbons (Fsp3) is 0.474. The number of aromatic nitrogens is 2. The van der Waals surface area contributed by atoms with Gasteiger partial charge in [0.25, 0.3) is 0 Å². The second kappa shape index (κ2) is 10.0. The third-order valence-electron chi connectivity index (χ3n) is 3.98. The number of benzene rings is 1. The molecule has 0 unspecified atom stereocenters. The summed E-state index contributed by atoms with van der Waals surface area (Å²) in [4.78, 5) is 4.14. The molecule has 2 rings (SSSR count). The van der Waals surface area contributed by atoms with Crippen molar-refractivity contribution in [2.45, 2.75) is 32.5 Å². The van der Waals surface area contributed by atoms with Crippen LogP contribution in [0.5, 0.6) is 5.75 Å². The molecule has 1 aromatic carbocycles. The maximum atomic E-state index is 12.5. The maximum absolute atomic E-state index is 12.5. The van der Waals surface area contributed by atoms with Gasteiger partial charge in [-0.05, 0) is 37.0 Å². The smallest absolute Gasteiger partial charge is 0.422 e. The van der Waals surface area contributed by atoms with Crippen LogP contribution in [0.25, 0.3) is 0 Å². The molecule has 0 bridgehead atoms. The third kappa shape index (κ3) is 7.50. The summed E-state index contributed by atoms with van der Waals surface area (Å²) in [5, 5.41) is 10.4. The van der Waals surface area contributed by atoms with Crippen LogP contribution >= 0.6 is 0 Å². The lowest BCUT2D eigenvalue weighted by Crippen LogP contribution is -2.37. The summed E-state index contributed by atoms with van der Waals surface area (Å²) in [5.41, 5.74) is 2.63. The van der Waals surface area contributed by atoms with E-state index in [4.69, 9.17) is 4.74 Å². The number of aliphatic imine (C=N–C) groups is 1. The third-order valence-corrected chi connectivity index (χ3v) is 3.98. The van der Waals surface area contributed by atoms with Gasteiger partial charge in [-0.2, -0.15) is 18.3 Å². The lowest BCUT2D eigenvalue weighted by Gasteiger charge is -2.16. The maximum Gasteiger partial charge on any atom is 0.422 e. The molecule has 9 heteroatoms. The van der Waals surface area contributed by atoms with Crippen molar-refractivity contribution in [3.63, 3.8) is 0 Å². The van der Waals surface area contributed by atoms with Crippen molar-refractivity contribution in [2.24, 2.45) is 12.0 Å². The number of ether oxygens (including phenoxy) is 1. The van der Waals surface area contributed by atoms with Crippen molar-refractivity contribution in [1.82, 2.24) is 20.4 Å². The number of nitrogens with zero attached hydrogens (tertiary/aromatic N) is 3. The minimum Gasteiger partial charge on any atom is -0.484 e. The number of aryl methyl sites for hydroxylation is 3. The fourth-order valence-electron chi connectivity index (χ4n) is 2.60. The average molecular weight is 397 g/mol. The number of rotatable bonds is 8. The summed E-state index contributed by atoms with van der Waals surface area (Å²) in [6.45, 7) is 1.50. The van der Waals surface area contributed by atoms with E-state index >= 15 is 0 Å². The topological polar surface area (TPSA) is 63.5 Å². The summed E-state index contributed by atoms with van der Waals surface area (Å²) >= 11 is 0. The molecule has 0 atom stereocenters.